The van der Waals surface area contributed by atoms with E-state index in [1.54, 1.807) is 24.0 Å². The molecule has 1 saturated heterocycles. The lowest BCUT2D eigenvalue weighted by Gasteiger charge is -2.47. The van der Waals surface area contributed by atoms with E-state index in [0.717, 1.165) is 40.6 Å². The van der Waals surface area contributed by atoms with Crippen LogP contribution in [-0.2, 0) is 16.0 Å². The summed E-state index contributed by atoms with van der Waals surface area (Å²) in [5.74, 6) is 1.14. The Labute approximate surface area is 193 Å². The van der Waals surface area contributed by atoms with Crippen molar-refractivity contribution >= 4 is 22.7 Å². The van der Waals surface area contributed by atoms with Gasteiger partial charge in [0.05, 0.1) is 20.8 Å². The maximum absolute atomic E-state index is 13.6. The van der Waals surface area contributed by atoms with Crippen molar-refractivity contribution in [2.75, 3.05) is 27.3 Å². The lowest BCUT2D eigenvalue weighted by Crippen LogP contribution is -2.63. The minimum atomic E-state index is -0.546. The van der Waals surface area contributed by atoms with E-state index in [1.165, 1.54) is 0 Å². The summed E-state index contributed by atoms with van der Waals surface area (Å²) in [5.41, 5.74) is 3.82. The number of H-pyrrole nitrogens is 1. The van der Waals surface area contributed by atoms with E-state index in [9.17, 15) is 9.59 Å². The van der Waals surface area contributed by atoms with Gasteiger partial charge >= 0.3 is 0 Å². The summed E-state index contributed by atoms with van der Waals surface area (Å²) < 4.78 is 11.3. The lowest BCUT2D eigenvalue weighted by atomic mass is 9.85. The van der Waals surface area contributed by atoms with Gasteiger partial charge in [-0.2, -0.15) is 0 Å². The van der Waals surface area contributed by atoms with Gasteiger partial charge in [-0.25, -0.2) is 0 Å². The van der Waals surface area contributed by atoms with Crippen molar-refractivity contribution in [3.05, 3.63) is 59.3 Å². The second kappa shape index (κ2) is 8.46. The van der Waals surface area contributed by atoms with Gasteiger partial charge in [0.15, 0.2) is 11.5 Å². The summed E-state index contributed by atoms with van der Waals surface area (Å²) >= 11 is 0. The largest absolute Gasteiger partial charge is 0.493 e. The van der Waals surface area contributed by atoms with Crippen LogP contribution in [0.3, 0.4) is 0 Å². The predicted octanol–water partition coefficient (Wildman–Crippen LogP) is 3.67. The summed E-state index contributed by atoms with van der Waals surface area (Å²) in [6.45, 7) is 2.81. The van der Waals surface area contributed by atoms with E-state index in [1.807, 2.05) is 36.4 Å². The molecule has 2 atom stereocenters. The maximum Gasteiger partial charge on any atom is 0.246 e. The third-order valence-electron chi connectivity index (χ3n) is 6.85. The molecule has 7 heteroatoms. The Kier molecular flexibility index (Phi) is 5.48. The Morgan fingerprint density at radius 2 is 1.88 bits per heavy atom. The normalized spacial score (nSPS) is 20.1. The number of aromatic nitrogens is 1. The third-order valence-corrected chi connectivity index (χ3v) is 6.85. The number of unbranched alkanes of at least 4 members (excludes halogenated alkanes) is 1. The first-order valence-corrected chi connectivity index (χ1v) is 11.5. The fraction of sp³-hybridized carbons (Fsp3) is 0.385. The van der Waals surface area contributed by atoms with E-state index in [-0.39, 0.29) is 18.4 Å². The van der Waals surface area contributed by atoms with E-state index >= 15 is 0 Å². The van der Waals surface area contributed by atoms with Crippen molar-refractivity contribution in [2.24, 2.45) is 0 Å². The number of methoxy groups -OCH3 is 2. The SMILES string of the molecule is CCCCN1CC(=O)N2[C@H](c3cccc(OC)c3OC)c3[nH]c4ccccc4c3C[C@H]2C1=O. The molecule has 0 bridgehead atoms. The van der Waals surface area contributed by atoms with Crippen LogP contribution < -0.4 is 9.47 Å². The number of rotatable bonds is 6. The average Bonchev–Trinajstić information content (AvgIpc) is 3.22. The van der Waals surface area contributed by atoms with Crippen molar-refractivity contribution in [1.82, 2.24) is 14.8 Å². The Morgan fingerprint density at radius 1 is 1.06 bits per heavy atom. The van der Waals surface area contributed by atoms with Gasteiger partial charge in [-0.3, -0.25) is 9.59 Å². The van der Waals surface area contributed by atoms with Crippen molar-refractivity contribution < 1.29 is 19.1 Å². The minimum Gasteiger partial charge on any atom is -0.493 e. The van der Waals surface area contributed by atoms with Crippen LogP contribution in [0.4, 0.5) is 0 Å². The van der Waals surface area contributed by atoms with Gasteiger partial charge in [-0.15, -0.1) is 0 Å². The molecule has 0 spiro atoms. The highest BCUT2D eigenvalue weighted by Crippen LogP contribution is 2.46. The zero-order chi connectivity index (χ0) is 23.1. The number of hydrogen-bond acceptors (Lipinski definition) is 4. The molecule has 172 valence electrons. The molecular weight excluding hydrogens is 418 g/mol. The van der Waals surface area contributed by atoms with Crippen LogP contribution in [0.5, 0.6) is 11.5 Å². The fourth-order valence-electron chi connectivity index (χ4n) is 5.31. The van der Waals surface area contributed by atoms with Gasteiger partial charge in [0, 0.05) is 35.1 Å². The molecule has 1 fully saturated rings. The first-order valence-electron chi connectivity index (χ1n) is 11.5. The zero-order valence-corrected chi connectivity index (χ0v) is 19.3. The fourth-order valence-corrected chi connectivity index (χ4v) is 5.31. The second-order valence-corrected chi connectivity index (χ2v) is 8.68. The number of piperazine rings is 1. The van der Waals surface area contributed by atoms with E-state index in [4.69, 9.17) is 9.47 Å². The standard InChI is InChI=1S/C26H29N3O4/c1-4-5-13-28-15-22(30)29-20(26(28)31)14-18-16-9-6-7-11-19(16)27-23(18)24(29)17-10-8-12-21(32-2)25(17)33-3/h6-12,20,24,27H,4-5,13-15H2,1-3H3/t20-,24+/m0/s1. The van der Waals surface area contributed by atoms with Gasteiger partial charge in [-0.05, 0) is 24.1 Å². The first kappa shape index (κ1) is 21.4. The molecule has 7 nitrogen and oxygen atoms in total. The van der Waals surface area contributed by atoms with Gasteiger partial charge in [0.25, 0.3) is 0 Å². The third kappa shape index (κ3) is 3.34. The summed E-state index contributed by atoms with van der Waals surface area (Å²) in [6, 6.07) is 12.8. The number of carbonyl (C=O) groups excluding carboxylic acids is 2. The van der Waals surface area contributed by atoms with Gasteiger partial charge in [0.1, 0.15) is 12.1 Å². The van der Waals surface area contributed by atoms with Gasteiger partial charge < -0.3 is 24.3 Å². The number of ether oxygens (including phenoxy) is 2. The minimum absolute atomic E-state index is 0.0193. The quantitative estimate of drug-likeness (QED) is 0.626. The molecule has 0 radical (unpaired) electrons. The van der Waals surface area contributed by atoms with Crippen LogP contribution in [0.25, 0.3) is 10.9 Å². The van der Waals surface area contributed by atoms with Crippen LogP contribution in [0.15, 0.2) is 42.5 Å². The van der Waals surface area contributed by atoms with Crippen LogP contribution in [0.2, 0.25) is 0 Å². The zero-order valence-electron chi connectivity index (χ0n) is 19.3. The Morgan fingerprint density at radius 3 is 2.64 bits per heavy atom. The molecule has 2 amide bonds. The molecule has 0 saturated carbocycles. The number of nitrogens with one attached hydrogen (secondary N) is 1. The smallest absolute Gasteiger partial charge is 0.246 e. The molecule has 0 unspecified atom stereocenters. The first-order chi connectivity index (χ1) is 16.1. The number of amides is 2. The molecule has 2 aliphatic heterocycles. The highest BCUT2D eigenvalue weighted by atomic mass is 16.5. The Hall–Kier alpha value is -3.48. The Bertz CT molecular complexity index is 1220. The monoisotopic (exact) mass is 447 g/mol. The van der Waals surface area contributed by atoms with Crippen molar-refractivity contribution in [2.45, 2.75) is 38.3 Å². The average molecular weight is 448 g/mol. The molecule has 33 heavy (non-hydrogen) atoms. The van der Waals surface area contributed by atoms with Crippen molar-refractivity contribution in [3.63, 3.8) is 0 Å². The Balaban J connectivity index is 1.71. The summed E-state index contributed by atoms with van der Waals surface area (Å²) in [6.07, 6.45) is 2.36. The highest BCUT2D eigenvalue weighted by molar-refractivity contribution is 5.97. The van der Waals surface area contributed by atoms with E-state index < -0.39 is 12.1 Å². The number of para-hydroxylation sites is 2. The molecule has 3 aromatic rings. The molecule has 1 N–H and O–H groups in total. The molecular formula is C26H29N3O4. The van der Waals surface area contributed by atoms with Crippen LogP contribution >= 0.6 is 0 Å². The molecule has 0 aliphatic carbocycles. The molecule has 1 aromatic heterocycles. The van der Waals surface area contributed by atoms with Crippen LogP contribution in [0, 0.1) is 0 Å². The number of fused-ring (bicyclic) bond motifs is 4. The van der Waals surface area contributed by atoms with Crippen LogP contribution in [-0.4, -0.2) is 59.9 Å². The lowest BCUT2D eigenvalue weighted by molar-refractivity contribution is -0.158. The predicted molar refractivity (Wildman–Crippen MR) is 126 cm³/mol. The molecule has 5 rings (SSSR count). The highest BCUT2D eigenvalue weighted by Gasteiger charge is 2.48. The molecule has 2 aromatic carbocycles. The topological polar surface area (TPSA) is 74.9 Å². The number of aromatic amines is 1. The van der Waals surface area contributed by atoms with E-state index in [0.29, 0.717) is 24.5 Å². The van der Waals surface area contributed by atoms with Crippen molar-refractivity contribution in [3.8, 4) is 11.5 Å². The number of benzene rings is 2. The number of carbonyl (C=O) groups is 2. The molecule has 3 heterocycles. The summed E-state index contributed by atoms with van der Waals surface area (Å²) in [7, 11) is 3.20. The maximum atomic E-state index is 13.6. The van der Waals surface area contributed by atoms with Crippen molar-refractivity contribution in [1.29, 1.82) is 0 Å². The van der Waals surface area contributed by atoms with Crippen LogP contribution in [0.1, 0.15) is 42.6 Å². The number of hydrogen-bond donors (Lipinski definition) is 1. The molecule has 2 aliphatic rings. The summed E-state index contributed by atoms with van der Waals surface area (Å²) in [5, 5.41) is 1.09. The van der Waals surface area contributed by atoms with Gasteiger partial charge in [-0.1, -0.05) is 43.7 Å². The summed E-state index contributed by atoms with van der Waals surface area (Å²) in [4.78, 5) is 34.2. The van der Waals surface area contributed by atoms with E-state index in [2.05, 4.69) is 18.0 Å². The second-order valence-electron chi connectivity index (χ2n) is 8.68. The number of nitrogens with zero attached hydrogens (tertiary/aromatic N) is 2. The van der Waals surface area contributed by atoms with Gasteiger partial charge in [0.2, 0.25) is 11.8 Å².